The number of imidazole rings is 1. The van der Waals surface area contributed by atoms with Crippen molar-refractivity contribution >= 4 is 11.0 Å². The Morgan fingerprint density at radius 1 is 1.24 bits per heavy atom. The summed E-state index contributed by atoms with van der Waals surface area (Å²) in [5.74, 6) is 2.08. The van der Waals surface area contributed by atoms with Gasteiger partial charge in [-0.1, -0.05) is 0 Å². The maximum atomic E-state index is 13.2. The van der Waals surface area contributed by atoms with Crippen molar-refractivity contribution in [3.63, 3.8) is 0 Å². The molecule has 0 unspecified atom stereocenters. The van der Waals surface area contributed by atoms with E-state index in [9.17, 15) is 4.39 Å². The summed E-state index contributed by atoms with van der Waals surface area (Å²) >= 11 is 0. The molecule has 1 aliphatic rings. The van der Waals surface area contributed by atoms with Gasteiger partial charge >= 0.3 is 0 Å². The Balaban J connectivity index is 1.88. The molecule has 0 bridgehead atoms. The lowest BCUT2D eigenvalue weighted by Gasteiger charge is -2.06. The van der Waals surface area contributed by atoms with Gasteiger partial charge in [-0.05, 0) is 30.3 Å². The SMILES string of the molecule is COc1cc(-c2nc3ccc(F)cc3[nH]2)cc2c1OCO2. The highest BCUT2D eigenvalue weighted by atomic mass is 19.1. The first-order chi connectivity index (χ1) is 10.2. The number of nitrogens with zero attached hydrogens (tertiary/aromatic N) is 1. The summed E-state index contributed by atoms with van der Waals surface area (Å²) in [5.41, 5.74) is 2.12. The average molecular weight is 286 g/mol. The molecule has 0 saturated heterocycles. The molecule has 5 nitrogen and oxygen atoms in total. The van der Waals surface area contributed by atoms with Gasteiger partial charge in [0, 0.05) is 5.56 Å². The molecule has 4 rings (SSSR count). The standard InChI is InChI=1S/C15H11FN2O3/c1-19-12-4-8(5-13-14(12)21-7-20-13)15-17-10-3-2-9(16)6-11(10)18-15/h2-6H,7H2,1H3,(H,17,18). The molecule has 2 heterocycles. The quantitative estimate of drug-likeness (QED) is 0.786. The van der Waals surface area contributed by atoms with E-state index >= 15 is 0 Å². The Morgan fingerprint density at radius 3 is 3.00 bits per heavy atom. The number of ether oxygens (including phenoxy) is 3. The summed E-state index contributed by atoms with van der Waals surface area (Å²) in [5, 5.41) is 0. The number of hydrogen-bond donors (Lipinski definition) is 1. The number of rotatable bonds is 2. The van der Waals surface area contributed by atoms with Crippen LogP contribution in [-0.4, -0.2) is 23.9 Å². The molecule has 1 aliphatic heterocycles. The zero-order chi connectivity index (χ0) is 14.4. The van der Waals surface area contributed by atoms with Crippen molar-refractivity contribution in [3.05, 3.63) is 36.1 Å². The maximum Gasteiger partial charge on any atom is 0.231 e. The van der Waals surface area contributed by atoms with Crippen molar-refractivity contribution in [3.8, 4) is 28.6 Å². The fourth-order valence-electron chi connectivity index (χ4n) is 2.38. The minimum atomic E-state index is -0.305. The molecule has 21 heavy (non-hydrogen) atoms. The number of hydrogen-bond acceptors (Lipinski definition) is 4. The Kier molecular flexibility index (Phi) is 2.50. The molecular weight excluding hydrogens is 275 g/mol. The van der Waals surface area contributed by atoms with Crippen LogP contribution >= 0.6 is 0 Å². The van der Waals surface area contributed by atoms with Crippen molar-refractivity contribution in [2.75, 3.05) is 13.9 Å². The van der Waals surface area contributed by atoms with Gasteiger partial charge in [0.25, 0.3) is 0 Å². The second kappa shape index (κ2) is 4.37. The van der Waals surface area contributed by atoms with Crippen molar-refractivity contribution in [1.29, 1.82) is 0 Å². The summed E-state index contributed by atoms with van der Waals surface area (Å²) in [6, 6.07) is 8.05. The normalized spacial score (nSPS) is 12.9. The van der Waals surface area contributed by atoms with Crippen LogP contribution in [0.2, 0.25) is 0 Å². The van der Waals surface area contributed by atoms with E-state index < -0.39 is 0 Å². The summed E-state index contributed by atoms with van der Waals surface area (Å²) in [7, 11) is 1.56. The molecule has 6 heteroatoms. The fraction of sp³-hybridized carbons (Fsp3) is 0.133. The van der Waals surface area contributed by atoms with Crippen LogP contribution in [0.15, 0.2) is 30.3 Å². The third-order valence-electron chi connectivity index (χ3n) is 3.38. The number of nitrogens with one attached hydrogen (secondary N) is 1. The van der Waals surface area contributed by atoms with E-state index in [0.717, 1.165) is 5.56 Å². The van der Waals surface area contributed by atoms with Crippen molar-refractivity contribution in [2.24, 2.45) is 0 Å². The van der Waals surface area contributed by atoms with E-state index in [1.54, 1.807) is 13.2 Å². The van der Waals surface area contributed by atoms with Crippen molar-refractivity contribution < 1.29 is 18.6 Å². The third-order valence-corrected chi connectivity index (χ3v) is 3.38. The second-order valence-electron chi connectivity index (χ2n) is 4.66. The first-order valence-electron chi connectivity index (χ1n) is 6.38. The van der Waals surface area contributed by atoms with Crippen LogP contribution in [0, 0.1) is 5.82 Å². The molecule has 0 aliphatic carbocycles. The predicted octanol–water partition coefficient (Wildman–Crippen LogP) is 3.11. The maximum absolute atomic E-state index is 13.2. The minimum Gasteiger partial charge on any atom is -0.493 e. The summed E-state index contributed by atoms with van der Waals surface area (Å²) in [6.07, 6.45) is 0. The highest BCUT2D eigenvalue weighted by Gasteiger charge is 2.21. The van der Waals surface area contributed by atoms with E-state index in [1.165, 1.54) is 12.1 Å². The zero-order valence-corrected chi connectivity index (χ0v) is 11.1. The molecule has 2 aromatic carbocycles. The Bertz CT molecular complexity index is 844. The molecule has 0 saturated carbocycles. The number of benzene rings is 2. The number of aromatic nitrogens is 2. The van der Waals surface area contributed by atoms with Gasteiger partial charge in [-0.3, -0.25) is 0 Å². The molecule has 1 aromatic heterocycles. The van der Waals surface area contributed by atoms with Gasteiger partial charge in [0.1, 0.15) is 11.6 Å². The summed E-state index contributed by atoms with van der Waals surface area (Å²) in [4.78, 5) is 7.54. The van der Waals surface area contributed by atoms with Gasteiger partial charge < -0.3 is 19.2 Å². The largest absolute Gasteiger partial charge is 0.493 e. The number of aromatic amines is 1. The molecule has 0 atom stereocenters. The van der Waals surface area contributed by atoms with Gasteiger partial charge in [-0.25, -0.2) is 9.37 Å². The van der Waals surface area contributed by atoms with Gasteiger partial charge in [-0.2, -0.15) is 0 Å². The molecule has 0 fully saturated rings. The van der Waals surface area contributed by atoms with E-state index in [1.807, 2.05) is 12.1 Å². The van der Waals surface area contributed by atoms with Crippen molar-refractivity contribution in [1.82, 2.24) is 9.97 Å². The Labute approximate surface area is 119 Å². The minimum absolute atomic E-state index is 0.167. The Morgan fingerprint density at radius 2 is 2.14 bits per heavy atom. The van der Waals surface area contributed by atoms with E-state index in [-0.39, 0.29) is 12.6 Å². The molecule has 0 radical (unpaired) electrons. The van der Waals surface area contributed by atoms with E-state index in [2.05, 4.69) is 9.97 Å². The topological polar surface area (TPSA) is 56.4 Å². The number of halogens is 1. The summed E-state index contributed by atoms with van der Waals surface area (Å²) < 4.78 is 29.3. The van der Waals surface area contributed by atoms with Crippen LogP contribution in [0.3, 0.4) is 0 Å². The highest BCUT2D eigenvalue weighted by molar-refractivity contribution is 5.80. The van der Waals surface area contributed by atoms with Crippen LogP contribution < -0.4 is 14.2 Å². The fourth-order valence-corrected chi connectivity index (χ4v) is 2.38. The monoisotopic (exact) mass is 286 g/mol. The number of fused-ring (bicyclic) bond motifs is 2. The predicted molar refractivity (Wildman–Crippen MR) is 74.2 cm³/mol. The average Bonchev–Trinajstić information content (AvgIpc) is 3.11. The van der Waals surface area contributed by atoms with Crippen molar-refractivity contribution in [2.45, 2.75) is 0 Å². The number of methoxy groups -OCH3 is 1. The lowest BCUT2D eigenvalue weighted by Crippen LogP contribution is -1.93. The lowest BCUT2D eigenvalue weighted by molar-refractivity contribution is 0.171. The molecule has 1 N–H and O–H groups in total. The molecule has 0 amide bonds. The zero-order valence-electron chi connectivity index (χ0n) is 11.1. The molecule has 106 valence electrons. The molecule has 3 aromatic rings. The second-order valence-corrected chi connectivity index (χ2v) is 4.66. The van der Waals surface area contributed by atoms with Gasteiger partial charge in [0.15, 0.2) is 11.5 Å². The van der Waals surface area contributed by atoms with E-state index in [0.29, 0.717) is 34.1 Å². The molecule has 0 spiro atoms. The highest BCUT2D eigenvalue weighted by Crippen LogP contribution is 2.43. The number of H-pyrrole nitrogens is 1. The summed E-state index contributed by atoms with van der Waals surface area (Å²) in [6.45, 7) is 0.167. The van der Waals surface area contributed by atoms with Crippen LogP contribution in [0.5, 0.6) is 17.2 Å². The first-order valence-corrected chi connectivity index (χ1v) is 6.38. The van der Waals surface area contributed by atoms with Gasteiger partial charge in [0.2, 0.25) is 12.5 Å². The Hall–Kier alpha value is -2.76. The molecular formula is C15H11FN2O3. The van der Waals surface area contributed by atoms with Gasteiger partial charge in [-0.15, -0.1) is 0 Å². The van der Waals surface area contributed by atoms with Crippen LogP contribution in [0.25, 0.3) is 22.4 Å². The van der Waals surface area contributed by atoms with Crippen LogP contribution in [-0.2, 0) is 0 Å². The first kappa shape index (κ1) is 12.0. The third kappa shape index (κ3) is 1.87. The smallest absolute Gasteiger partial charge is 0.231 e. The van der Waals surface area contributed by atoms with Gasteiger partial charge in [0.05, 0.1) is 18.1 Å². The van der Waals surface area contributed by atoms with Crippen LogP contribution in [0.1, 0.15) is 0 Å². The lowest BCUT2D eigenvalue weighted by atomic mass is 10.1. The van der Waals surface area contributed by atoms with Crippen LogP contribution in [0.4, 0.5) is 4.39 Å². The van der Waals surface area contributed by atoms with E-state index in [4.69, 9.17) is 14.2 Å².